The molecular weight excluding hydrogens is 474 g/mol. The number of amides is 1. The first kappa shape index (κ1) is 23.4. The van der Waals surface area contributed by atoms with Crippen LogP contribution < -0.4 is 10.1 Å². The SMILES string of the molecule is Cc1c(-c2n[nH]c3ncc(-c4ccc5c(c4)CCC(N4CCCC4)CC5)cc23)ccc2c1OCCNC2=O. The van der Waals surface area contributed by atoms with Crippen molar-refractivity contribution in [3.8, 4) is 28.1 Å². The van der Waals surface area contributed by atoms with Gasteiger partial charge in [0.1, 0.15) is 18.1 Å². The second kappa shape index (κ2) is 9.55. The molecule has 1 fully saturated rings. The van der Waals surface area contributed by atoms with Crippen LogP contribution in [0.3, 0.4) is 0 Å². The van der Waals surface area contributed by atoms with Crippen molar-refractivity contribution in [2.45, 2.75) is 51.5 Å². The lowest BCUT2D eigenvalue weighted by Crippen LogP contribution is -2.32. The van der Waals surface area contributed by atoms with Gasteiger partial charge in [0.05, 0.1) is 12.1 Å². The molecule has 2 aromatic carbocycles. The van der Waals surface area contributed by atoms with Gasteiger partial charge in [0.15, 0.2) is 5.65 Å². The molecule has 1 aliphatic carbocycles. The molecule has 1 saturated heterocycles. The second-order valence-electron chi connectivity index (χ2n) is 10.9. The van der Waals surface area contributed by atoms with E-state index >= 15 is 0 Å². The standard InChI is InChI=1S/C31H33N5O2/c1-19-25(10-11-26-29(19)38-15-12-32-31(26)37)28-27-17-23(18-33-30(27)35-34-28)22-5-4-20-6-8-24(9-7-21(20)16-22)36-13-2-3-14-36/h4-5,10-11,16-18,24H,2-3,6-9,12-15H2,1H3,(H,32,37)(H,33,34,35). The normalized spacial score (nSPS) is 19.8. The summed E-state index contributed by atoms with van der Waals surface area (Å²) >= 11 is 0. The summed E-state index contributed by atoms with van der Waals surface area (Å²) in [6.07, 6.45) is 9.46. The predicted octanol–water partition coefficient (Wildman–Crippen LogP) is 5.07. The highest BCUT2D eigenvalue weighted by Crippen LogP contribution is 2.37. The minimum atomic E-state index is -0.0991. The molecule has 0 spiro atoms. The van der Waals surface area contributed by atoms with Gasteiger partial charge in [-0.15, -0.1) is 0 Å². The van der Waals surface area contributed by atoms with Gasteiger partial charge in [-0.05, 0) is 87.4 Å². The Bertz CT molecular complexity index is 1540. The summed E-state index contributed by atoms with van der Waals surface area (Å²) in [7, 11) is 0. The summed E-state index contributed by atoms with van der Waals surface area (Å²) < 4.78 is 5.96. The van der Waals surface area contributed by atoms with Crippen LogP contribution in [0.1, 0.15) is 52.7 Å². The third-order valence-electron chi connectivity index (χ3n) is 8.65. The molecule has 4 aromatic rings. The van der Waals surface area contributed by atoms with Crippen LogP contribution in [-0.2, 0) is 12.8 Å². The van der Waals surface area contributed by atoms with Gasteiger partial charge in [-0.2, -0.15) is 5.10 Å². The molecule has 2 aromatic heterocycles. The van der Waals surface area contributed by atoms with E-state index in [0.29, 0.717) is 24.5 Å². The summed E-state index contributed by atoms with van der Waals surface area (Å²) in [4.78, 5) is 19.9. The monoisotopic (exact) mass is 507 g/mol. The maximum atomic E-state index is 12.5. The number of pyridine rings is 1. The Balaban J connectivity index is 1.22. The predicted molar refractivity (Wildman–Crippen MR) is 149 cm³/mol. The quantitative estimate of drug-likeness (QED) is 0.379. The Hall–Kier alpha value is -3.71. The highest BCUT2D eigenvalue weighted by atomic mass is 16.5. The summed E-state index contributed by atoms with van der Waals surface area (Å²) in [5, 5.41) is 11.6. The van der Waals surface area contributed by atoms with E-state index in [2.05, 4.69) is 44.7 Å². The van der Waals surface area contributed by atoms with Crippen molar-refractivity contribution in [1.82, 2.24) is 25.4 Å². The number of likely N-dealkylation sites (tertiary alicyclic amines) is 1. The zero-order valence-electron chi connectivity index (χ0n) is 21.8. The zero-order chi connectivity index (χ0) is 25.6. The number of nitrogens with zero attached hydrogens (tertiary/aromatic N) is 3. The van der Waals surface area contributed by atoms with Crippen molar-refractivity contribution in [2.75, 3.05) is 26.2 Å². The van der Waals surface area contributed by atoms with Crippen LogP contribution in [0, 0.1) is 6.92 Å². The van der Waals surface area contributed by atoms with Gasteiger partial charge in [-0.1, -0.05) is 24.3 Å². The summed E-state index contributed by atoms with van der Waals surface area (Å²) in [6, 6.07) is 13.7. The molecule has 0 radical (unpaired) electrons. The van der Waals surface area contributed by atoms with Crippen molar-refractivity contribution in [1.29, 1.82) is 0 Å². The lowest BCUT2D eigenvalue weighted by atomic mass is 9.95. The van der Waals surface area contributed by atoms with Gasteiger partial charge in [-0.3, -0.25) is 9.89 Å². The molecule has 7 nitrogen and oxygen atoms in total. The topological polar surface area (TPSA) is 83.1 Å². The van der Waals surface area contributed by atoms with E-state index in [1.54, 1.807) is 0 Å². The van der Waals surface area contributed by atoms with Gasteiger partial charge in [-0.25, -0.2) is 4.98 Å². The largest absolute Gasteiger partial charge is 0.491 e. The molecule has 1 unspecified atom stereocenters. The average Bonchev–Trinajstić information content (AvgIpc) is 3.52. The fraction of sp³-hybridized carbons (Fsp3) is 0.387. The Kier molecular flexibility index (Phi) is 5.88. The molecule has 2 aliphatic heterocycles. The maximum Gasteiger partial charge on any atom is 0.255 e. The number of benzene rings is 2. The number of carbonyl (C=O) groups is 1. The van der Waals surface area contributed by atoms with E-state index in [-0.39, 0.29) is 5.91 Å². The molecular formula is C31H33N5O2. The van der Waals surface area contributed by atoms with Crippen LogP contribution in [0.2, 0.25) is 0 Å². The molecule has 38 heavy (non-hydrogen) atoms. The molecule has 194 valence electrons. The van der Waals surface area contributed by atoms with Gasteiger partial charge in [0, 0.05) is 34.3 Å². The molecule has 1 amide bonds. The van der Waals surface area contributed by atoms with Crippen molar-refractivity contribution in [2.24, 2.45) is 0 Å². The first-order valence-corrected chi connectivity index (χ1v) is 13.9. The van der Waals surface area contributed by atoms with Crippen molar-refractivity contribution in [3.05, 3.63) is 64.8 Å². The van der Waals surface area contributed by atoms with E-state index in [9.17, 15) is 4.79 Å². The molecule has 0 bridgehead atoms. The third kappa shape index (κ3) is 4.06. The Morgan fingerprint density at radius 2 is 1.79 bits per heavy atom. The van der Waals surface area contributed by atoms with Crippen molar-refractivity contribution < 1.29 is 9.53 Å². The van der Waals surface area contributed by atoms with E-state index in [1.165, 1.54) is 55.5 Å². The van der Waals surface area contributed by atoms with Crippen LogP contribution >= 0.6 is 0 Å². The minimum Gasteiger partial charge on any atom is -0.491 e. The van der Waals surface area contributed by atoms with Crippen LogP contribution in [0.25, 0.3) is 33.4 Å². The number of rotatable bonds is 3. The Labute approximate surface area is 222 Å². The van der Waals surface area contributed by atoms with Gasteiger partial charge in [0.2, 0.25) is 0 Å². The average molecular weight is 508 g/mol. The first-order valence-electron chi connectivity index (χ1n) is 13.9. The Morgan fingerprint density at radius 3 is 2.66 bits per heavy atom. The maximum absolute atomic E-state index is 12.5. The highest BCUT2D eigenvalue weighted by molar-refractivity contribution is 6.00. The molecule has 4 heterocycles. The lowest BCUT2D eigenvalue weighted by Gasteiger charge is -2.25. The number of ether oxygens (including phenoxy) is 1. The van der Waals surface area contributed by atoms with E-state index < -0.39 is 0 Å². The smallest absolute Gasteiger partial charge is 0.255 e. The lowest BCUT2D eigenvalue weighted by molar-refractivity contribution is 0.0957. The summed E-state index contributed by atoms with van der Waals surface area (Å²) in [6.45, 7) is 5.49. The minimum absolute atomic E-state index is 0.0991. The van der Waals surface area contributed by atoms with E-state index in [4.69, 9.17) is 9.72 Å². The van der Waals surface area contributed by atoms with E-state index in [1.807, 2.05) is 25.3 Å². The molecule has 3 aliphatic rings. The fourth-order valence-electron chi connectivity index (χ4n) is 6.54. The van der Waals surface area contributed by atoms with Crippen LogP contribution in [0.15, 0.2) is 42.6 Å². The van der Waals surface area contributed by atoms with Crippen LogP contribution in [0.5, 0.6) is 5.75 Å². The number of aryl methyl sites for hydroxylation is 2. The summed E-state index contributed by atoms with van der Waals surface area (Å²) in [5.74, 6) is 0.536. The molecule has 0 saturated carbocycles. The number of hydrogen-bond donors (Lipinski definition) is 2. The third-order valence-corrected chi connectivity index (χ3v) is 8.65. The summed E-state index contributed by atoms with van der Waals surface area (Å²) in [5.41, 5.74) is 9.27. The van der Waals surface area contributed by atoms with Gasteiger partial charge < -0.3 is 15.0 Å². The Morgan fingerprint density at radius 1 is 0.974 bits per heavy atom. The van der Waals surface area contributed by atoms with Crippen LogP contribution in [-0.4, -0.2) is 58.3 Å². The number of H-pyrrole nitrogens is 1. The number of nitrogens with one attached hydrogen (secondary N) is 2. The number of aromatic nitrogens is 3. The molecule has 7 rings (SSSR count). The molecule has 2 N–H and O–H groups in total. The molecule has 1 atom stereocenters. The van der Waals surface area contributed by atoms with Gasteiger partial charge >= 0.3 is 0 Å². The zero-order valence-corrected chi connectivity index (χ0v) is 21.8. The highest BCUT2D eigenvalue weighted by Gasteiger charge is 2.25. The fourth-order valence-corrected chi connectivity index (χ4v) is 6.54. The van der Waals surface area contributed by atoms with E-state index in [0.717, 1.165) is 52.3 Å². The number of carbonyl (C=O) groups excluding carboxylic acids is 1. The van der Waals surface area contributed by atoms with Crippen molar-refractivity contribution >= 4 is 16.9 Å². The second-order valence-corrected chi connectivity index (χ2v) is 10.9. The number of aromatic amines is 1. The molecule has 7 heteroatoms. The van der Waals surface area contributed by atoms with Gasteiger partial charge in [0.25, 0.3) is 5.91 Å². The number of hydrogen-bond acceptors (Lipinski definition) is 5. The first-order chi connectivity index (χ1) is 18.7. The number of fused-ring (bicyclic) bond motifs is 3. The van der Waals surface area contributed by atoms with Crippen molar-refractivity contribution in [3.63, 3.8) is 0 Å². The van der Waals surface area contributed by atoms with Crippen LogP contribution in [0.4, 0.5) is 0 Å².